The van der Waals surface area contributed by atoms with Crippen LogP contribution in [0.15, 0.2) is 28.1 Å². The second kappa shape index (κ2) is 6.69. The van der Waals surface area contributed by atoms with Crippen molar-refractivity contribution in [2.24, 2.45) is 5.73 Å². The summed E-state index contributed by atoms with van der Waals surface area (Å²) in [4.78, 5) is 0. The number of nitrogens with zero attached hydrogens (tertiary/aromatic N) is 2. The summed E-state index contributed by atoms with van der Waals surface area (Å²) in [5.41, 5.74) is 8.68. The molecule has 3 rings (SSSR count). The first-order valence-electron chi connectivity index (χ1n) is 7.64. The van der Waals surface area contributed by atoms with Gasteiger partial charge in [0, 0.05) is 11.3 Å². The Hall–Kier alpha value is -2.66. The number of halogens is 1. The van der Waals surface area contributed by atoms with Crippen LogP contribution in [0.4, 0.5) is 0 Å². The number of fused-ring (bicyclic) bond motifs is 1. The molecule has 1 aromatic heterocycles. The number of aryl methyl sites for hydroxylation is 1. The van der Waals surface area contributed by atoms with Gasteiger partial charge in [0.15, 0.2) is 11.5 Å². The van der Waals surface area contributed by atoms with Crippen LogP contribution in [0.1, 0.15) is 29.7 Å². The van der Waals surface area contributed by atoms with Crippen molar-refractivity contribution in [1.29, 1.82) is 5.26 Å². The lowest BCUT2D eigenvalue weighted by atomic mass is 9.84. The summed E-state index contributed by atoms with van der Waals surface area (Å²) in [5, 5.41) is 16.6. The molecule has 0 saturated heterocycles. The Bertz CT molecular complexity index is 898. The van der Waals surface area contributed by atoms with Gasteiger partial charge < -0.3 is 19.9 Å². The number of hydrogen-bond donors (Lipinski definition) is 2. The molecule has 3 N–H and O–H groups in total. The predicted octanol–water partition coefficient (Wildman–Crippen LogP) is 3.11. The molecule has 8 heteroatoms. The van der Waals surface area contributed by atoms with Gasteiger partial charge in [0.05, 0.1) is 24.1 Å². The van der Waals surface area contributed by atoms with Gasteiger partial charge in [-0.05, 0) is 47.5 Å². The van der Waals surface area contributed by atoms with Gasteiger partial charge >= 0.3 is 0 Å². The Labute approximate surface area is 153 Å². The number of H-pyrrole nitrogens is 1. The lowest BCUT2D eigenvalue weighted by Gasteiger charge is -2.24. The predicted molar refractivity (Wildman–Crippen MR) is 94.5 cm³/mol. The van der Waals surface area contributed by atoms with Crippen LogP contribution < -0.4 is 19.9 Å². The number of benzene rings is 1. The van der Waals surface area contributed by atoms with Gasteiger partial charge in [0.1, 0.15) is 11.6 Å². The average Bonchev–Trinajstić information content (AvgIpc) is 2.95. The number of nitrogens with one attached hydrogen (secondary N) is 1. The maximum Gasteiger partial charge on any atom is 0.244 e. The Morgan fingerprint density at radius 1 is 1.48 bits per heavy atom. The minimum absolute atomic E-state index is 0.0514. The monoisotopic (exact) mass is 404 g/mol. The number of aromatic amines is 1. The molecule has 0 saturated carbocycles. The molecule has 1 aromatic carbocycles. The number of methoxy groups -OCH3 is 1. The van der Waals surface area contributed by atoms with E-state index in [1.807, 2.05) is 26.0 Å². The topological polar surface area (TPSA) is 106 Å². The summed E-state index contributed by atoms with van der Waals surface area (Å²) in [7, 11) is 1.57. The maximum absolute atomic E-state index is 9.62. The van der Waals surface area contributed by atoms with Crippen LogP contribution in [0, 0.1) is 18.3 Å². The number of aromatic nitrogens is 2. The highest BCUT2D eigenvalue weighted by atomic mass is 79.9. The Morgan fingerprint density at radius 3 is 2.88 bits per heavy atom. The number of ether oxygens (including phenoxy) is 3. The van der Waals surface area contributed by atoms with Crippen LogP contribution >= 0.6 is 15.9 Å². The van der Waals surface area contributed by atoms with Crippen molar-refractivity contribution in [3.05, 3.63) is 44.9 Å². The Morgan fingerprint density at radius 2 is 2.24 bits per heavy atom. The van der Waals surface area contributed by atoms with Gasteiger partial charge in [-0.15, -0.1) is 5.10 Å². The number of hydrogen-bond acceptors (Lipinski definition) is 6. The van der Waals surface area contributed by atoms with Gasteiger partial charge in [-0.3, -0.25) is 5.10 Å². The molecule has 130 valence electrons. The fraction of sp³-hybridized carbons (Fsp3) is 0.294. The molecule has 0 bridgehead atoms. The molecule has 2 aromatic rings. The lowest BCUT2D eigenvalue weighted by molar-refractivity contribution is 0.308. The summed E-state index contributed by atoms with van der Waals surface area (Å²) in [6, 6.07) is 5.89. The number of rotatable bonds is 4. The van der Waals surface area contributed by atoms with E-state index in [4.69, 9.17) is 19.9 Å². The van der Waals surface area contributed by atoms with E-state index in [1.54, 1.807) is 7.11 Å². The van der Waals surface area contributed by atoms with Gasteiger partial charge in [0.2, 0.25) is 11.8 Å². The summed E-state index contributed by atoms with van der Waals surface area (Å²) in [5.74, 6) is 1.20. The zero-order chi connectivity index (χ0) is 18.1. The molecule has 2 heterocycles. The molecule has 1 atom stereocenters. The third-order valence-electron chi connectivity index (χ3n) is 4.00. The fourth-order valence-corrected chi connectivity index (χ4v) is 3.50. The zero-order valence-electron chi connectivity index (χ0n) is 14.0. The summed E-state index contributed by atoms with van der Waals surface area (Å²) >= 11 is 3.52. The highest BCUT2D eigenvalue weighted by molar-refractivity contribution is 9.10. The first kappa shape index (κ1) is 17.2. The van der Waals surface area contributed by atoms with Gasteiger partial charge in [-0.2, -0.15) is 5.26 Å². The van der Waals surface area contributed by atoms with E-state index >= 15 is 0 Å². The second-order valence-electron chi connectivity index (χ2n) is 5.46. The molecular weight excluding hydrogens is 388 g/mol. The van der Waals surface area contributed by atoms with E-state index in [9.17, 15) is 5.26 Å². The zero-order valence-corrected chi connectivity index (χ0v) is 15.6. The van der Waals surface area contributed by atoms with Crippen molar-refractivity contribution in [1.82, 2.24) is 10.2 Å². The summed E-state index contributed by atoms with van der Waals surface area (Å²) in [6.45, 7) is 4.28. The quantitative estimate of drug-likeness (QED) is 0.810. The van der Waals surface area contributed by atoms with Crippen molar-refractivity contribution in [3.63, 3.8) is 0 Å². The summed E-state index contributed by atoms with van der Waals surface area (Å²) in [6.07, 6.45) is 0. The van der Waals surface area contributed by atoms with Crippen LogP contribution in [-0.4, -0.2) is 23.9 Å². The molecule has 7 nitrogen and oxygen atoms in total. The molecule has 25 heavy (non-hydrogen) atoms. The lowest BCUT2D eigenvalue weighted by Crippen LogP contribution is -2.21. The van der Waals surface area contributed by atoms with Crippen molar-refractivity contribution in [2.45, 2.75) is 19.8 Å². The maximum atomic E-state index is 9.62. The van der Waals surface area contributed by atoms with Crippen molar-refractivity contribution >= 4 is 15.9 Å². The van der Waals surface area contributed by atoms with Gasteiger partial charge in [0.25, 0.3) is 0 Å². The number of allylic oxidation sites excluding steroid dienone is 1. The van der Waals surface area contributed by atoms with E-state index in [1.165, 1.54) is 0 Å². The normalized spacial score (nSPS) is 16.0. The molecule has 0 spiro atoms. The minimum Gasteiger partial charge on any atom is -0.493 e. The molecule has 0 unspecified atom stereocenters. The smallest absolute Gasteiger partial charge is 0.244 e. The molecule has 0 fully saturated rings. The highest BCUT2D eigenvalue weighted by Crippen LogP contribution is 2.46. The third-order valence-corrected chi connectivity index (χ3v) is 4.59. The summed E-state index contributed by atoms with van der Waals surface area (Å²) < 4.78 is 17.3. The minimum atomic E-state index is -0.409. The van der Waals surface area contributed by atoms with E-state index in [2.05, 4.69) is 32.2 Å². The fourth-order valence-electron chi connectivity index (χ4n) is 2.92. The van der Waals surface area contributed by atoms with Crippen LogP contribution in [0.5, 0.6) is 17.4 Å². The highest BCUT2D eigenvalue weighted by Gasteiger charge is 2.35. The van der Waals surface area contributed by atoms with E-state index in [0.29, 0.717) is 29.6 Å². The molecule has 1 aliphatic rings. The van der Waals surface area contributed by atoms with Crippen molar-refractivity contribution < 1.29 is 14.2 Å². The molecule has 0 radical (unpaired) electrons. The Kier molecular flexibility index (Phi) is 4.59. The first-order valence-corrected chi connectivity index (χ1v) is 8.43. The van der Waals surface area contributed by atoms with Gasteiger partial charge in [-0.25, -0.2) is 0 Å². The third kappa shape index (κ3) is 2.81. The van der Waals surface area contributed by atoms with Crippen LogP contribution in [0.2, 0.25) is 0 Å². The molecule has 0 aliphatic carbocycles. The number of nitriles is 1. The second-order valence-corrected chi connectivity index (χ2v) is 6.31. The van der Waals surface area contributed by atoms with E-state index < -0.39 is 5.92 Å². The van der Waals surface area contributed by atoms with Gasteiger partial charge in [-0.1, -0.05) is 0 Å². The molecule has 1 aliphatic heterocycles. The van der Waals surface area contributed by atoms with Crippen LogP contribution in [0.25, 0.3) is 0 Å². The Balaban J connectivity index is 2.22. The average molecular weight is 405 g/mol. The van der Waals surface area contributed by atoms with Crippen molar-refractivity contribution in [2.75, 3.05) is 13.7 Å². The van der Waals surface area contributed by atoms with Crippen LogP contribution in [0.3, 0.4) is 0 Å². The molecular formula is C17H17BrN4O3. The van der Waals surface area contributed by atoms with E-state index in [-0.39, 0.29) is 5.88 Å². The van der Waals surface area contributed by atoms with Crippen molar-refractivity contribution in [3.8, 4) is 23.4 Å². The standard InChI is InChI=1S/C17H17BrN4O3/c1-4-24-15-11(18)5-9(6-12(15)23-3)14-10(7-19)16(20)25-17-13(14)8(2)21-22-17/h5-6,14H,4,20H2,1-3H3,(H,21,22)/t14-/m0/s1. The largest absolute Gasteiger partial charge is 0.493 e. The SMILES string of the molecule is CCOc1c(Br)cc([C@H]2C(C#N)=C(N)Oc3n[nH]c(C)c32)cc1OC. The van der Waals surface area contributed by atoms with E-state index in [0.717, 1.165) is 21.3 Å². The number of nitrogens with two attached hydrogens (primary N) is 1. The molecule has 0 amide bonds. The van der Waals surface area contributed by atoms with Crippen LogP contribution in [-0.2, 0) is 0 Å². The first-order chi connectivity index (χ1) is 12.0.